The fourth-order valence-corrected chi connectivity index (χ4v) is 3.34. The smallest absolute Gasteiger partial charge is 0.258 e. The monoisotopic (exact) mass is 441 g/mol. The van der Waals surface area contributed by atoms with Crippen LogP contribution in [0.15, 0.2) is 47.1 Å². The zero-order valence-corrected chi connectivity index (χ0v) is 17.4. The zero-order chi connectivity index (χ0) is 22.1. The number of carbonyl (C=O) groups is 1. The van der Waals surface area contributed by atoms with E-state index in [1.807, 2.05) is 13.8 Å². The SMILES string of the molecule is CC(C)Oc1ccc(-c2nc(-c3cccc4c3cnn4CC(O)C(=O)[O-])no2)cc1Cl. The Morgan fingerprint density at radius 3 is 2.84 bits per heavy atom. The number of fused-ring (bicyclic) bond motifs is 1. The number of ether oxygens (including phenoxy) is 1. The number of halogens is 1. The summed E-state index contributed by atoms with van der Waals surface area (Å²) >= 11 is 6.30. The standard InChI is InChI=1S/C21H19ClN4O5/c1-11(2)30-18-7-6-12(8-15(18)22)20-24-19(25-31-20)13-4-3-5-16-14(13)9-23-26(16)10-17(27)21(28)29/h3-9,11,17,27H,10H2,1-2H3,(H,28,29)/p-1. The fraction of sp³-hybridized carbons (Fsp3) is 0.238. The summed E-state index contributed by atoms with van der Waals surface area (Å²) in [4.78, 5) is 15.3. The van der Waals surface area contributed by atoms with Gasteiger partial charge in [0.05, 0.1) is 35.4 Å². The van der Waals surface area contributed by atoms with E-state index in [0.717, 1.165) is 0 Å². The van der Waals surface area contributed by atoms with Crippen molar-refractivity contribution in [3.63, 3.8) is 0 Å². The molecule has 0 bridgehead atoms. The molecule has 0 radical (unpaired) electrons. The molecule has 4 aromatic rings. The minimum atomic E-state index is -1.67. The Balaban J connectivity index is 1.66. The maximum atomic E-state index is 10.8. The van der Waals surface area contributed by atoms with Crippen LogP contribution in [-0.4, -0.2) is 43.2 Å². The van der Waals surface area contributed by atoms with Crippen LogP contribution in [0.5, 0.6) is 5.75 Å². The summed E-state index contributed by atoms with van der Waals surface area (Å²) in [5.41, 5.74) is 1.90. The van der Waals surface area contributed by atoms with E-state index in [1.54, 1.807) is 42.6 Å². The first-order valence-corrected chi connectivity index (χ1v) is 9.85. The first-order chi connectivity index (χ1) is 14.8. The summed E-state index contributed by atoms with van der Waals surface area (Å²) in [6.45, 7) is 3.59. The van der Waals surface area contributed by atoms with E-state index in [9.17, 15) is 15.0 Å². The third kappa shape index (κ3) is 4.23. The van der Waals surface area contributed by atoms with E-state index in [1.165, 1.54) is 4.68 Å². The highest BCUT2D eigenvalue weighted by atomic mass is 35.5. The number of aromatic nitrogens is 4. The van der Waals surface area contributed by atoms with Gasteiger partial charge in [-0.1, -0.05) is 28.9 Å². The summed E-state index contributed by atoms with van der Waals surface area (Å²) < 4.78 is 12.4. The van der Waals surface area contributed by atoms with Gasteiger partial charge in [0.25, 0.3) is 5.89 Å². The van der Waals surface area contributed by atoms with Crippen LogP contribution in [0.3, 0.4) is 0 Å². The molecular weight excluding hydrogens is 424 g/mol. The molecule has 1 N–H and O–H groups in total. The Hall–Kier alpha value is -3.43. The molecule has 10 heteroatoms. The van der Waals surface area contributed by atoms with Crippen molar-refractivity contribution in [1.29, 1.82) is 0 Å². The lowest BCUT2D eigenvalue weighted by Gasteiger charge is -2.12. The van der Waals surface area contributed by atoms with Gasteiger partial charge in [0.2, 0.25) is 5.82 Å². The molecule has 2 aromatic carbocycles. The summed E-state index contributed by atoms with van der Waals surface area (Å²) in [5, 5.41) is 29.7. The van der Waals surface area contributed by atoms with Gasteiger partial charge in [0, 0.05) is 16.5 Å². The van der Waals surface area contributed by atoms with Crippen LogP contribution in [0, 0.1) is 0 Å². The van der Waals surface area contributed by atoms with Crippen molar-refractivity contribution < 1.29 is 24.3 Å². The lowest BCUT2D eigenvalue weighted by molar-refractivity contribution is -0.315. The lowest BCUT2D eigenvalue weighted by atomic mass is 10.1. The topological polar surface area (TPSA) is 126 Å². The van der Waals surface area contributed by atoms with Crippen LogP contribution in [-0.2, 0) is 11.3 Å². The van der Waals surface area contributed by atoms with Gasteiger partial charge >= 0.3 is 0 Å². The van der Waals surface area contributed by atoms with Crippen molar-refractivity contribution in [3.8, 4) is 28.6 Å². The molecule has 1 atom stereocenters. The average molecular weight is 442 g/mol. The van der Waals surface area contributed by atoms with Gasteiger partial charge in [-0.3, -0.25) is 4.68 Å². The number of aliphatic hydroxyl groups excluding tert-OH is 1. The second-order valence-electron chi connectivity index (χ2n) is 7.13. The highest BCUT2D eigenvalue weighted by Crippen LogP contribution is 2.32. The first kappa shape index (κ1) is 20.8. The molecule has 9 nitrogen and oxygen atoms in total. The molecule has 0 aliphatic heterocycles. The average Bonchev–Trinajstić information content (AvgIpc) is 3.37. The lowest BCUT2D eigenvalue weighted by Crippen LogP contribution is -2.38. The van der Waals surface area contributed by atoms with Crippen molar-refractivity contribution in [2.75, 3.05) is 0 Å². The van der Waals surface area contributed by atoms with Gasteiger partial charge < -0.3 is 24.3 Å². The van der Waals surface area contributed by atoms with E-state index < -0.39 is 12.1 Å². The molecule has 4 rings (SSSR count). The summed E-state index contributed by atoms with van der Waals surface area (Å²) in [6, 6.07) is 10.5. The summed E-state index contributed by atoms with van der Waals surface area (Å²) in [5.74, 6) is -0.383. The summed E-state index contributed by atoms with van der Waals surface area (Å²) in [6.07, 6.45) is -0.124. The number of benzene rings is 2. The van der Waals surface area contributed by atoms with Gasteiger partial charge in [0.1, 0.15) is 11.9 Å². The van der Waals surface area contributed by atoms with Crippen LogP contribution >= 0.6 is 11.6 Å². The third-order valence-electron chi connectivity index (χ3n) is 4.51. The van der Waals surface area contributed by atoms with Gasteiger partial charge in [0.15, 0.2) is 0 Å². The normalized spacial score (nSPS) is 12.4. The molecule has 0 spiro atoms. The number of aliphatic carboxylic acids is 1. The predicted octanol–water partition coefficient (Wildman–Crippen LogP) is 2.30. The number of hydrogen-bond acceptors (Lipinski definition) is 8. The second-order valence-corrected chi connectivity index (χ2v) is 7.54. The maximum Gasteiger partial charge on any atom is 0.258 e. The van der Waals surface area contributed by atoms with Crippen LogP contribution in [0.1, 0.15) is 13.8 Å². The van der Waals surface area contributed by atoms with Crippen molar-refractivity contribution in [2.24, 2.45) is 0 Å². The fourth-order valence-electron chi connectivity index (χ4n) is 3.12. The largest absolute Gasteiger partial charge is 0.547 e. The molecule has 0 aliphatic rings. The second kappa shape index (κ2) is 8.37. The molecule has 0 amide bonds. The Labute approximate surface area is 181 Å². The van der Waals surface area contributed by atoms with E-state index in [0.29, 0.717) is 38.6 Å². The Bertz CT molecular complexity index is 1250. The summed E-state index contributed by atoms with van der Waals surface area (Å²) in [7, 11) is 0. The van der Waals surface area contributed by atoms with Gasteiger partial charge in [-0.15, -0.1) is 0 Å². The van der Waals surface area contributed by atoms with E-state index in [-0.39, 0.29) is 18.5 Å². The molecule has 0 saturated heterocycles. The van der Waals surface area contributed by atoms with E-state index >= 15 is 0 Å². The highest BCUT2D eigenvalue weighted by molar-refractivity contribution is 6.32. The van der Waals surface area contributed by atoms with E-state index in [4.69, 9.17) is 20.9 Å². The number of hydrogen-bond donors (Lipinski definition) is 1. The Morgan fingerprint density at radius 2 is 2.13 bits per heavy atom. The number of rotatable bonds is 7. The molecule has 0 fully saturated rings. The van der Waals surface area contributed by atoms with Crippen LogP contribution in [0.25, 0.3) is 33.7 Å². The molecular formula is C21H18ClN4O5-. The molecule has 0 saturated carbocycles. The predicted molar refractivity (Wildman–Crippen MR) is 110 cm³/mol. The Morgan fingerprint density at radius 1 is 1.32 bits per heavy atom. The number of carboxylic acids is 1. The highest BCUT2D eigenvalue weighted by Gasteiger charge is 2.17. The Kier molecular flexibility index (Phi) is 5.62. The van der Waals surface area contributed by atoms with Crippen molar-refractivity contribution >= 4 is 28.5 Å². The van der Waals surface area contributed by atoms with E-state index in [2.05, 4.69) is 15.2 Å². The van der Waals surface area contributed by atoms with Gasteiger partial charge in [-0.2, -0.15) is 10.1 Å². The minimum absolute atomic E-state index is 0.00682. The number of carbonyl (C=O) groups excluding carboxylic acids is 1. The van der Waals surface area contributed by atoms with Gasteiger partial charge in [-0.05, 0) is 38.1 Å². The van der Waals surface area contributed by atoms with Crippen LogP contribution in [0.2, 0.25) is 5.02 Å². The molecule has 31 heavy (non-hydrogen) atoms. The first-order valence-electron chi connectivity index (χ1n) is 9.47. The van der Waals surface area contributed by atoms with Crippen molar-refractivity contribution in [1.82, 2.24) is 19.9 Å². The number of aliphatic hydroxyl groups is 1. The molecule has 2 heterocycles. The number of nitrogens with zero attached hydrogens (tertiary/aromatic N) is 4. The minimum Gasteiger partial charge on any atom is -0.547 e. The zero-order valence-electron chi connectivity index (χ0n) is 16.7. The molecule has 0 aliphatic carbocycles. The van der Waals surface area contributed by atoms with Crippen molar-refractivity contribution in [2.45, 2.75) is 32.6 Å². The molecule has 160 valence electrons. The van der Waals surface area contributed by atoms with Gasteiger partial charge in [-0.25, -0.2) is 0 Å². The molecule has 2 aromatic heterocycles. The van der Waals surface area contributed by atoms with Crippen LogP contribution < -0.4 is 9.84 Å². The number of carboxylic acid groups (broad SMARTS) is 1. The molecule has 1 unspecified atom stereocenters. The quantitative estimate of drug-likeness (QED) is 0.463. The maximum absolute atomic E-state index is 10.8. The third-order valence-corrected chi connectivity index (χ3v) is 4.81. The van der Waals surface area contributed by atoms with Crippen LogP contribution in [0.4, 0.5) is 0 Å². The van der Waals surface area contributed by atoms with Crippen molar-refractivity contribution in [3.05, 3.63) is 47.6 Å².